The minimum atomic E-state index is -4.32. The maximum atomic E-state index is 12.6. The predicted molar refractivity (Wildman–Crippen MR) is 109 cm³/mol. The van der Waals surface area contributed by atoms with Crippen molar-refractivity contribution in [1.82, 2.24) is 4.90 Å². The number of alkyl halides is 3. The Labute approximate surface area is 169 Å². The van der Waals surface area contributed by atoms with Crippen molar-refractivity contribution < 1.29 is 18.0 Å². The molecule has 0 spiro atoms. The molecular weight excluding hydrogens is 377 g/mol. The van der Waals surface area contributed by atoms with E-state index in [9.17, 15) is 18.0 Å². The molecule has 0 unspecified atom stereocenters. The van der Waals surface area contributed by atoms with Gasteiger partial charge in [0.15, 0.2) is 0 Å². The van der Waals surface area contributed by atoms with Crippen molar-refractivity contribution in [3.63, 3.8) is 0 Å². The number of nitrogens with zero attached hydrogens (tertiary/aromatic N) is 1. The number of halogens is 3. The predicted octanol–water partition coefficient (Wildman–Crippen LogP) is 5.97. The van der Waals surface area contributed by atoms with Gasteiger partial charge in [-0.25, -0.2) is 0 Å². The third kappa shape index (κ3) is 5.99. The Morgan fingerprint density at radius 1 is 1.00 bits per heavy atom. The fourth-order valence-corrected chi connectivity index (χ4v) is 3.81. The van der Waals surface area contributed by atoms with E-state index in [0.29, 0.717) is 18.0 Å². The SMILES string of the molecule is CN(CC1CCCCC1)C(=O)c1ccc(NCc2ccc(C(F)(F)F)cc2)cc1. The number of carbonyl (C=O) groups is 1. The van der Waals surface area contributed by atoms with E-state index in [1.54, 1.807) is 17.0 Å². The summed E-state index contributed by atoms with van der Waals surface area (Å²) in [6.45, 7) is 1.21. The lowest BCUT2D eigenvalue weighted by Gasteiger charge is -2.27. The molecule has 1 amide bonds. The van der Waals surface area contributed by atoms with Crippen LogP contribution in [0, 0.1) is 5.92 Å². The summed E-state index contributed by atoms with van der Waals surface area (Å²) in [4.78, 5) is 14.4. The molecule has 0 saturated heterocycles. The molecule has 29 heavy (non-hydrogen) atoms. The van der Waals surface area contributed by atoms with Crippen molar-refractivity contribution in [3.8, 4) is 0 Å². The second-order valence-electron chi connectivity index (χ2n) is 7.82. The average Bonchev–Trinajstić information content (AvgIpc) is 2.72. The van der Waals surface area contributed by atoms with Crippen LogP contribution in [0.1, 0.15) is 53.6 Å². The van der Waals surface area contributed by atoms with Crippen molar-refractivity contribution in [2.24, 2.45) is 5.92 Å². The molecule has 0 atom stereocenters. The topological polar surface area (TPSA) is 32.3 Å². The van der Waals surface area contributed by atoms with Gasteiger partial charge in [-0.2, -0.15) is 13.2 Å². The molecule has 1 saturated carbocycles. The molecule has 0 bridgehead atoms. The van der Waals surface area contributed by atoms with Crippen molar-refractivity contribution in [1.29, 1.82) is 0 Å². The molecule has 2 aromatic carbocycles. The molecule has 2 aromatic rings. The Morgan fingerprint density at radius 3 is 2.21 bits per heavy atom. The number of hydrogen-bond donors (Lipinski definition) is 1. The second kappa shape index (κ2) is 9.33. The Kier molecular flexibility index (Phi) is 6.83. The number of anilines is 1. The molecule has 3 rings (SSSR count). The first-order valence-corrected chi connectivity index (χ1v) is 10.1. The van der Waals surface area contributed by atoms with Gasteiger partial charge in [-0.05, 0) is 60.7 Å². The van der Waals surface area contributed by atoms with Crippen LogP contribution in [0.15, 0.2) is 48.5 Å². The van der Waals surface area contributed by atoms with Gasteiger partial charge in [0, 0.05) is 31.4 Å². The highest BCUT2D eigenvalue weighted by molar-refractivity contribution is 5.94. The Hall–Kier alpha value is -2.50. The minimum Gasteiger partial charge on any atom is -0.381 e. The summed E-state index contributed by atoms with van der Waals surface area (Å²) in [5.74, 6) is 0.618. The summed E-state index contributed by atoms with van der Waals surface area (Å²) < 4.78 is 37.8. The molecule has 6 heteroatoms. The molecule has 0 heterocycles. The first-order chi connectivity index (χ1) is 13.8. The van der Waals surface area contributed by atoms with Crippen LogP contribution in [0.2, 0.25) is 0 Å². The average molecular weight is 404 g/mol. The lowest BCUT2D eigenvalue weighted by molar-refractivity contribution is -0.137. The van der Waals surface area contributed by atoms with Crippen LogP contribution >= 0.6 is 0 Å². The molecule has 1 aliphatic carbocycles. The van der Waals surface area contributed by atoms with Crippen molar-refractivity contribution in [3.05, 3.63) is 65.2 Å². The number of nitrogens with one attached hydrogen (secondary N) is 1. The van der Waals surface area contributed by atoms with E-state index in [0.717, 1.165) is 29.9 Å². The van der Waals surface area contributed by atoms with Crippen LogP contribution in [0.4, 0.5) is 18.9 Å². The zero-order valence-corrected chi connectivity index (χ0v) is 16.6. The molecule has 156 valence electrons. The Balaban J connectivity index is 1.52. The third-order valence-electron chi connectivity index (χ3n) is 5.51. The molecule has 0 radical (unpaired) electrons. The van der Waals surface area contributed by atoms with Gasteiger partial charge < -0.3 is 10.2 Å². The maximum Gasteiger partial charge on any atom is 0.416 e. The fourth-order valence-electron chi connectivity index (χ4n) is 3.81. The zero-order valence-electron chi connectivity index (χ0n) is 16.6. The van der Waals surface area contributed by atoms with E-state index >= 15 is 0 Å². The highest BCUT2D eigenvalue weighted by atomic mass is 19.4. The van der Waals surface area contributed by atoms with Crippen LogP contribution in [-0.2, 0) is 12.7 Å². The van der Waals surface area contributed by atoms with E-state index in [1.807, 2.05) is 19.2 Å². The maximum absolute atomic E-state index is 12.6. The van der Waals surface area contributed by atoms with Gasteiger partial charge in [0.25, 0.3) is 5.91 Å². The lowest BCUT2D eigenvalue weighted by Crippen LogP contribution is -2.32. The van der Waals surface area contributed by atoms with Crippen molar-refractivity contribution in [2.75, 3.05) is 18.9 Å². The molecule has 1 aliphatic rings. The highest BCUT2D eigenvalue weighted by Crippen LogP contribution is 2.29. The standard InChI is InChI=1S/C23H27F3N2O/c1-28(16-18-5-3-2-4-6-18)22(29)19-9-13-21(14-10-19)27-15-17-7-11-20(12-8-17)23(24,25)26/h7-14,18,27H,2-6,15-16H2,1H3. The van der Waals surface area contributed by atoms with Gasteiger partial charge in [0.05, 0.1) is 5.56 Å². The van der Waals surface area contributed by atoms with Crippen LogP contribution in [-0.4, -0.2) is 24.4 Å². The van der Waals surface area contributed by atoms with Gasteiger partial charge in [0.1, 0.15) is 0 Å². The zero-order chi connectivity index (χ0) is 20.9. The van der Waals surface area contributed by atoms with Crippen LogP contribution < -0.4 is 5.32 Å². The minimum absolute atomic E-state index is 0.0184. The quantitative estimate of drug-likeness (QED) is 0.643. The summed E-state index contributed by atoms with van der Waals surface area (Å²) in [5, 5.41) is 3.17. The number of rotatable bonds is 6. The van der Waals surface area contributed by atoms with Gasteiger partial charge in [0.2, 0.25) is 0 Å². The smallest absolute Gasteiger partial charge is 0.381 e. The first-order valence-electron chi connectivity index (χ1n) is 10.1. The monoisotopic (exact) mass is 404 g/mol. The third-order valence-corrected chi connectivity index (χ3v) is 5.51. The van der Waals surface area contributed by atoms with E-state index in [1.165, 1.54) is 44.2 Å². The summed E-state index contributed by atoms with van der Waals surface area (Å²) >= 11 is 0. The van der Waals surface area contributed by atoms with E-state index in [2.05, 4.69) is 5.32 Å². The highest BCUT2D eigenvalue weighted by Gasteiger charge is 2.29. The van der Waals surface area contributed by atoms with Gasteiger partial charge >= 0.3 is 6.18 Å². The van der Waals surface area contributed by atoms with Gasteiger partial charge in [-0.1, -0.05) is 31.4 Å². The van der Waals surface area contributed by atoms with Crippen molar-refractivity contribution in [2.45, 2.75) is 44.8 Å². The van der Waals surface area contributed by atoms with E-state index in [4.69, 9.17) is 0 Å². The molecule has 0 aliphatic heterocycles. The number of carbonyl (C=O) groups excluding carboxylic acids is 1. The molecule has 0 aromatic heterocycles. The van der Waals surface area contributed by atoms with Crippen LogP contribution in [0.5, 0.6) is 0 Å². The summed E-state index contributed by atoms with van der Waals surface area (Å²) in [6.07, 6.45) is 1.89. The van der Waals surface area contributed by atoms with Gasteiger partial charge in [-0.3, -0.25) is 4.79 Å². The molecule has 1 N–H and O–H groups in total. The number of amides is 1. The van der Waals surface area contributed by atoms with E-state index < -0.39 is 11.7 Å². The summed E-state index contributed by atoms with van der Waals surface area (Å²) in [6, 6.07) is 12.3. The normalized spacial score (nSPS) is 15.2. The Bertz CT molecular complexity index is 794. The van der Waals surface area contributed by atoms with Gasteiger partial charge in [-0.15, -0.1) is 0 Å². The van der Waals surface area contributed by atoms with Crippen LogP contribution in [0.25, 0.3) is 0 Å². The van der Waals surface area contributed by atoms with Crippen molar-refractivity contribution >= 4 is 11.6 Å². The van der Waals surface area contributed by atoms with E-state index in [-0.39, 0.29) is 5.91 Å². The summed E-state index contributed by atoms with van der Waals surface area (Å²) in [7, 11) is 1.85. The fraction of sp³-hybridized carbons (Fsp3) is 0.435. The molecular formula is C23H27F3N2O. The molecule has 3 nitrogen and oxygen atoms in total. The summed E-state index contributed by atoms with van der Waals surface area (Å²) in [5.41, 5.74) is 1.56. The Morgan fingerprint density at radius 2 is 1.62 bits per heavy atom. The number of hydrogen-bond acceptors (Lipinski definition) is 2. The second-order valence-corrected chi connectivity index (χ2v) is 7.82. The molecule has 1 fully saturated rings. The first kappa shape index (κ1) is 21.2. The number of benzene rings is 2. The lowest BCUT2D eigenvalue weighted by atomic mass is 9.89. The van der Waals surface area contributed by atoms with Crippen LogP contribution in [0.3, 0.4) is 0 Å². The largest absolute Gasteiger partial charge is 0.416 e.